The number of allylic oxidation sites excluding steroid dienone is 11. The summed E-state index contributed by atoms with van der Waals surface area (Å²) in [6.45, 7) is 18.0. The predicted molar refractivity (Wildman–Crippen MR) is 110 cm³/mol. The van der Waals surface area contributed by atoms with E-state index in [0.717, 1.165) is 12.0 Å². The Bertz CT molecular complexity index is 683. The van der Waals surface area contributed by atoms with Crippen LogP contribution in [0.1, 0.15) is 61.3 Å². The number of halogens is 2. The number of hydrogen-bond donors (Lipinski definition) is 0. The lowest BCUT2D eigenvalue weighted by Crippen LogP contribution is -2.34. The fourth-order valence-electron chi connectivity index (χ4n) is 3.55. The zero-order valence-corrected chi connectivity index (χ0v) is 17.4. The van der Waals surface area contributed by atoms with Crippen molar-refractivity contribution in [3.05, 3.63) is 70.9 Å². The van der Waals surface area contributed by atoms with Gasteiger partial charge >= 0.3 is 0 Å². The van der Waals surface area contributed by atoms with E-state index >= 15 is 4.39 Å². The lowest BCUT2D eigenvalue weighted by Gasteiger charge is -2.42. The van der Waals surface area contributed by atoms with Crippen molar-refractivity contribution in [1.29, 1.82) is 0 Å². The molecule has 0 aromatic rings. The molecule has 0 saturated carbocycles. The second-order valence-corrected chi connectivity index (χ2v) is 7.76. The molecule has 2 unspecified atom stereocenters. The van der Waals surface area contributed by atoms with Crippen molar-refractivity contribution in [3.8, 4) is 0 Å². The van der Waals surface area contributed by atoms with Gasteiger partial charge in [0.2, 0.25) is 0 Å². The van der Waals surface area contributed by atoms with E-state index in [4.69, 9.17) is 0 Å². The molecule has 0 aliphatic heterocycles. The molecule has 1 rings (SSSR count). The molecule has 2 atom stereocenters. The maximum atomic E-state index is 15.2. The highest BCUT2D eigenvalue weighted by Gasteiger charge is 2.42. The maximum absolute atomic E-state index is 15.2. The first-order valence-corrected chi connectivity index (χ1v) is 9.53. The summed E-state index contributed by atoms with van der Waals surface area (Å²) in [5, 5.41) is 0. The molecule has 0 saturated heterocycles. The summed E-state index contributed by atoms with van der Waals surface area (Å²) >= 11 is 0. The summed E-state index contributed by atoms with van der Waals surface area (Å²) < 4.78 is 29.7. The molecular weight excluding hydrogens is 326 g/mol. The number of hydrogen-bond acceptors (Lipinski definition) is 0. The molecule has 0 fully saturated rings. The van der Waals surface area contributed by atoms with Gasteiger partial charge in [0.25, 0.3) is 0 Å². The van der Waals surface area contributed by atoms with Crippen LogP contribution in [0.5, 0.6) is 0 Å². The Morgan fingerprint density at radius 3 is 2.46 bits per heavy atom. The summed E-state index contributed by atoms with van der Waals surface area (Å²) in [4.78, 5) is 0. The lowest BCUT2D eigenvalue weighted by molar-refractivity contribution is 0.192. The second-order valence-electron chi connectivity index (χ2n) is 7.76. The van der Waals surface area contributed by atoms with Gasteiger partial charge < -0.3 is 0 Å². The average molecular weight is 361 g/mol. The van der Waals surface area contributed by atoms with Crippen LogP contribution in [0, 0.1) is 17.3 Å². The fraction of sp³-hybridized carbons (Fsp3) is 0.500. The van der Waals surface area contributed by atoms with Crippen molar-refractivity contribution >= 4 is 0 Å². The third-order valence-electron chi connectivity index (χ3n) is 5.59. The van der Waals surface area contributed by atoms with Gasteiger partial charge in [-0.1, -0.05) is 70.2 Å². The van der Waals surface area contributed by atoms with Crippen molar-refractivity contribution in [2.75, 3.05) is 0 Å². The first kappa shape index (κ1) is 22.3. The average Bonchev–Trinajstić information content (AvgIpc) is 2.56. The lowest BCUT2D eigenvalue weighted by atomic mass is 9.62. The van der Waals surface area contributed by atoms with Crippen molar-refractivity contribution in [3.63, 3.8) is 0 Å². The van der Waals surface area contributed by atoms with Crippen LogP contribution in [0.3, 0.4) is 0 Å². The quantitative estimate of drug-likeness (QED) is 0.317. The van der Waals surface area contributed by atoms with Gasteiger partial charge in [0, 0.05) is 17.9 Å². The van der Waals surface area contributed by atoms with Crippen LogP contribution >= 0.6 is 0 Å². The molecule has 0 nitrogen and oxygen atoms in total. The fourth-order valence-corrected chi connectivity index (χ4v) is 3.55. The molecule has 0 spiro atoms. The Hall–Kier alpha value is -1.70. The summed E-state index contributed by atoms with van der Waals surface area (Å²) in [6.07, 6.45) is 11.1. The molecule has 144 valence electrons. The van der Waals surface area contributed by atoms with E-state index in [2.05, 4.69) is 46.4 Å². The maximum Gasteiger partial charge on any atom is 0.132 e. The van der Waals surface area contributed by atoms with Gasteiger partial charge in [0.15, 0.2) is 0 Å². The van der Waals surface area contributed by atoms with Gasteiger partial charge in [-0.2, -0.15) is 0 Å². The van der Waals surface area contributed by atoms with E-state index in [0.29, 0.717) is 11.1 Å². The van der Waals surface area contributed by atoms with Crippen molar-refractivity contribution < 1.29 is 8.78 Å². The molecule has 0 bridgehead atoms. The third kappa shape index (κ3) is 4.72. The topological polar surface area (TPSA) is 0 Å². The molecule has 26 heavy (non-hydrogen) atoms. The standard InChI is InChI=1S/C24H34F2/c1-9-11-13-24(8,16(3)4)20-15-21(25)19(7)23(26)22(20)18(6)14-17(5)12-10-2/h10-14,16,20H,6,9,15H2,1-5,7-8H3/b12-10-,13-11?,17-14-. The smallest absolute Gasteiger partial charge is 0.132 e. The molecule has 2 heteroatoms. The van der Waals surface area contributed by atoms with E-state index < -0.39 is 5.83 Å². The SMILES string of the molecule is C=C(/C=C(C)\C=C/C)C1=C(F)C(C)=C(F)CC1C(C)(C=CCC)C(C)C. The van der Waals surface area contributed by atoms with Crippen LogP contribution in [-0.2, 0) is 0 Å². The van der Waals surface area contributed by atoms with Gasteiger partial charge in [0.1, 0.15) is 11.7 Å². The zero-order chi connectivity index (χ0) is 20.1. The van der Waals surface area contributed by atoms with Crippen LogP contribution in [0.4, 0.5) is 8.78 Å². The van der Waals surface area contributed by atoms with E-state index in [-0.39, 0.29) is 35.1 Å². The molecular formula is C24H34F2. The van der Waals surface area contributed by atoms with E-state index in [1.165, 1.54) is 6.92 Å². The summed E-state index contributed by atoms with van der Waals surface area (Å²) in [5.41, 5.74) is 1.93. The van der Waals surface area contributed by atoms with E-state index in [1.54, 1.807) is 0 Å². The Balaban J connectivity index is 3.58. The van der Waals surface area contributed by atoms with Crippen LogP contribution in [0.2, 0.25) is 0 Å². The summed E-state index contributed by atoms with van der Waals surface area (Å²) in [5.74, 6) is -0.853. The molecule has 0 radical (unpaired) electrons. The van der Waals surface area contributed by atoms with Crippen molar-refractivity contribution in [2.24, 2.45) is 17.3 Å². The monoisotopic (exact) mass is 360 g/mol. The molecule has 0 amide bonds. The normalized spacial score (nSPS) is 22.1. The minimum atomic E-state index is -0.454. The van der Waals surface area contributed by atoms with Crippen LogP contribution in [0.15, 0.2) is 70.9 Å². The minimum Gasteiger partial charge on any atom is -0.211 e. The van der Waals surface area contributed by atoms with Gasteiger partial charge in [-0.15, -0.1) is 0 Å². The van der Waals surface area contributed by atoms with Crippen molar-refractivity contribution in [2.45, 2.75) is 61.3 Å². The van der Waals surface area contributed by atoms with Crippen LogP contribution in [0.25, 0.3) is 0 Å². The highest BCUT2D eigenvalue weighted by molar-refractivity contribution is 5.52. The Morgan fingerprint density at radius 2 is 1.96 bits per heavy atom. The minimum absolute atomic E-state index is 0.111. The number of rotatable bonds is 7. The van der Waals surface area contributed by atoms with Crippen LogP contribution < -0.4 is 0 Å². The van der Waals surface area contributed by atoms with E-state index in [9.17, 15) is 4.39 Å². The summed E-state index contributed by atoms with van der Waals surface area (Å²) in [7, 11) is 0. The first-order chi connectivity index (χ1) is 12.1. The molecule has 0 heterocycles. The second kappa shape index (κ2) is 9.30. The van der Waals surface area contributed by atoms with Gasteiger partial charge in [-0.3, -0.25) is 0 Å². The highest BCUT2D eigenvalue weighted by Crippen LogP contribution is 2.51. The third-order valence-corrected chi connectivity index (χ3v) is 5.59. The summed E-state index contributed by atoms with van der Waals surface area (Å²) in [6, 6.07) is 0. The predicted octanol–water partition coefficient (Wildman–Crippen LogP) is 8.18. The van der Waals surface area contributed by atoms with Gasteiger partial charge in [-0.25, -0.2) is 8.78 Å². The zero-order valence-electron chi connectivity index (χ0n) is 17.4. The van der Waals surface area contributed by atoms with Gasteiger partial charge in [-0.05, 0) is 49.7 Å². The van der Waals surface area contributed by atoms with Crippen LogP contribution in [-0.4, -0.2) is 0 Å². The molecule has 0 aromatic carbocycles. The highest BCUT2D eigenvalue weighted by atomic mass is 19.1. The Morgan fingerprint density at radius 1 is 1.35 bits per heavy atom. The Labute approximate surface area is 158 Å². The van der Waals surface area contributed by atoms with Gasteiger partial charge in [0.05, 0.1) is 0 Å². The Kier molecular flexibility index (Phi) is 7.99. The molecule has 1 aliphatic rings. The molecule has 0 aromatic heterocycles. The first-order valence-electron chi connectivity index (χ1n) is 9.53. The largest absolute Gasteiger partial charge is 0.211 e. The van der Waals surface area contributed by atoms with Crippen molar-refractivity contribution in [1.82, 2.24) is 0 Å². The molecule has 1 aliphatic carbocycles. The molecule has 0 N–H and O–H groups in total. The van der Waals surface area contributed by atoms with E-state index in [1.807, 2.05) is 32.1 Å².